The van der Waals surface area contributed by atoms with Gasteiger partial charge in [-0.25, -0.2) is 0 Å². The van der Waals surface area contributed by atoms with E-state index in [9.17, 15) is 10.4 Å². The second-order valence-electron chi connectivity index (χ2n) is 6.28. The average Bonchev–Trinajstić information content (AvgIpc) is 2.77. The van der Waals surface area contributed by atoms with Crippen molar-refractivity contribution in [2.45, 2.75) is 26.4 Å². The minimum Gasteiger partial charge on any atom is -0.506 e. The van der Waals surface area contributed by atoms with Crippen molar-refractivity contribution in [3.63, 3.8) is 0 Å². The van der Waals surface area contributed by atoms with Gasteiger partial charge in [-0.1, -0.05) is 12.1 Å². The van der Waals surface area contributed by atoms with Crippen molar-refractivity contribution in [1.82, 2.24) is 5.32 Å². The number of fused-ring (bicyclic) bond motifs is 1. The molecule has 0 saturated heterocycles. The molecule has 3 rings (SSSR count). The summed E-state index contributed by atoms with van der Waals surface area (Å²) in [6.45, 7) is 4.48. The number of phenols is 1. The number of nitrogens with two attached hydrogens (primary N) is 1. The number of nitrogens with one attached hydrogen (secondary N) is 1. The van der Waals surface area contributed by atoms with Gasteiger partial charge in [-0.05, 0) is 49.6 Å². The number of allylic oxidation sites excluding steroid dienone is 4. The quantitative estimate of drug-likeness (QED) is 0.582. The van der Waals surface area contributed by atoms with Crippen molar-refractivity contribution in [3.05, 3.63) is 64.6 Å². The number of nitrogen functional groups attached to an aromatic ring is 1. The Morgan fingerprint density at radius 1 is 1.32 bits per heavy atom. The summed E-state index contributed by atoms with van der Waals surface area (Å²) in [7, 11) is 0. The van der Waals surface area contributed by atoms with Gasteiger partial charge in [0.15, 0.2) is 0 Å². The van der Waals surface area contributed by atoms with E-state index < -0.39 is 0 Å². The molecule has 0 amide bonds. The number of hydrogen-bond acceptors (Lipinski definition) is 5. The van der Waals surface area contributed by atoms with E-state index in [0.717, 1.165) is 28.2 Å². The lowest BCUT2D eigenvalue weighted by Gasteiger charge is -2.24. The van der Waals surface area contributed by atoms with Crippen LogP contribution in [0, 0.1) is 11.3 Å². The monoisotopic (exact) mass is 335 g/mol. The molecule has 1 aliphatic heterocycles. The maximum atomic E-state index is 9.76. The second kappa shape index (κ2) is 6.78. The van der Waals surface area contributed by atoms with Gasteiger partial charge in [0.05, 0.1) is 17.4 Å². The van der Waals surface area contributed by atoms with Crippen molar-refractivity contribution in [2.24, 2.45) is 0 Å². The highest BCUT2D eigenvalue weighted by Crippen LogP contribution is 2.35. The van der Waals surface area contributed by atoms with Gasteiger partial charge in [0.25, 0.3) is 0 Å². The average molecular weight is 335 g/mol. The first kappa shape index (κ1) is 16.7. The summed E-state index contributed by atoms with van der Waals surface area (Å²) in [5.74, 6) is 0.846. The molecule has 5 heteroatoms. The molecule has 25 heavy (non-hydrogen) atoms. The number of aromatic hydroxyl groups is 1. The van der Waals surface area contributed by atoms with E-state index in [1.165, 1.54) is 0 Å². The van der Waals surface area contributed by atoms with Gasteiger partial charge in [0, 0.05) is 23.9 Å². The lowest BCUT2D eigenvalue weighted by molar-refractivity contribution is 0.157. The van der Waals surface area contributed by atoms with E-state index in [1.54, 1.807) is 18.2 Å². The lowest BCUT2D eigenvalue weighted by Crippen LogP contribution is -2.25. The zero-order chi connectivity index (χ0) is 18.0. The number of benzene rings is 1. The van der Waals surface area contributed by atoms with Crippen LogP contribution in [0.25, 0.3) is 5.57 Å². The zero-order valence-corrected chi connectivity index (χ0v) is 14.3. The molecule has 0 bridgehead atoms. The molecule has 1 heterocycles. The molecule has 0 radical (unpaired) electrons. The third-order valence-corrected chi connectivity index (χ3v) is 4.10. The maximum Gasteiger partial charge on any atom is 0.138 e. The Morgan fingerprint density at radius 2 is 2.12 bits per heavy atom. The van der Waals surface area contributed by atoms with Crippen LogP contribution in [0.5, 0.6) is 5.75 Å². The number of hydrogen-bond donors (Lipinski definition) is 3. The molecule has 1 aliphatic carbocycles. The minimum absolute atomic E-state index is 0.0422. The van der Waals surface area contributed by atoms with Crippen LogP contribution in [0.3, 0.4) is 0 Å². The van der Waals surface area contributed by atoms with Crippen LogP contribution in [0.1, 0.15) is 25.8 Å². The highest BCUT2D eigenvalue weighted by Gasteiger charge is 2.24. The normalized spacial score (nSPS) is 16.8. The van der Waals surface area contributed by atoms with Crippen molar-refractivity contribution in [1.29, 1.82) is 5.26 Å². The van der Waals surface area contributed by atoms with Crippen LogP contribution in [0.4, 0.5) is 5.69 Å². The molecule has 0 aromatic heterocycles. The summed E-state index contributed by atoms with van der Waals surface area (Å²) in [4.78, 5) is 0. The number of phenolic OH excluding ortho intramolecular Hbond substituents is 1. The number of nitriles is 1. The second-order valence-corrected chi connectivity index (χ2v) is 6.28. The summed E-state index contributed by atoms with van der Waals surface area (Å²) in [6.07, 6.45) is 6.76. The molecule has 0 fully saturated rings. The van der Waals surface area contributed by atoms with Gasteiger partial charge in [-0.15, -0.1) is 0 Å². The number of anilines is 1. The standard InChI is InChI=1S/C20H21N3O2/c1-12(2)25-14-4-3-5-15-16(10-21)17(11-23-19(15)9-14)13-6-7-20(24)18(22)8-13/h4-9,12,23-24H,3,11,22H2,1-2H3. The van der Waals surface area contributed by atoms with Gasteiger partial charge < -0.3 is 20.9 Å². The van der Waals surface area contributed by atoms with Crippen LogP contribution in [-0.2, 0) is 4.74 Å². The Balaban J connectivity index is 2.03. The largest absolute Gasteiger partial charge is 0.506 e. The van der Waals surface area contributed by atoms with E-state index in [-0.39, 0.29) is 11.9 Å². The van der Waals surface area contributed by atoms with E-state index in [0.29, 0.717) is 24.2 Å². The van der Waals surface area contributed by atoms with Crippen molar-refractivity contribution < 1.29 is 9.84 Å². The number of nitrogens with zero attached hydrogens (tertiary/aromatic N) is 1. The SMILES string of the molecule is CC(C)OC1=CCC=C2C(=C1)NCC(c1ccc(O)c(N)c1)=C2C#N. The van der Waals surface area contributed by atoms with Crippen LogP contribution < -0.4 is 11.1 Å². The molecule has 0 spiro atoms. The Labute approximate surface area is 147 Å². The highest BCUT2D eigenvalue weighted by atomic mass is 16.5. The van der Waals surface area contributed by atoms with Gasteiger partial charge in [-0.2, -0.15) is 5.26 Å². The summed E-state index contributed by atoms with van der Waals surface area (Å²) in [6, 6.07) is 7.35. The van der Waals surface area contributed by atoms with Crippen LogP contribution >= 0.6 is 0 Å². The molecule has 0 unspecified atom stereocenters. The fourth-order valence-electron chi connectivity index (χ4n) is 2.97. The molecule has 1 aromatic carbocycles. The topological polar surface area (TPSA) is 91.3 Å². The highest BCUT2D eigenvalue weighted by molar-refractivity contribution is 5.83. The Kier molecular flexibility index (Phi) is 4.53. The van der Waals surface area contributed by atoms with Crippen LogP contribution in [0.15, 0.2) is 59.0 Å². The number of rotatable bonds is 3. The van der Waals surface area contributed by atoms with Crippen LogP contribution in [-0.4, -0.2) is 17.8 Å². The molecule has 1 aromatic rings. The maximum absolute atomic E-state index is 9.76. The first-order chi connectivity index (χ1) is 12.0. The van der Waals surface area contributed by atoms with E-state index in [1.807, 2.05) is 32.1 Å². The van der Waals surface area contributed by atoms with Gasteiger partial charge in [-0.3, -0.25) is 0 Å². The fourth-order valence-corrected chi connectivity index (χ4v) is 2.97. The predicted octanol–water partition coefficient (Wildman–Crippen LogP) is 3.38. The van der Waals surface area contributed by atoms with Gasteiger partial charge in [0.2, 0.25) is 0 Å². The summed E-state index contributed by atoms with van der Waals surface area (Å²) in [5, 5.41) is 22.8. The molecule has 128 valence electrons. The lowest BCUT2D eigenvalue weighted by atomic mass is 9.89. The van der Waals surface area contributed by atoms with E-state index in [2.05, 4.69) is 11.4 Å². The Bertz CT molecular complexity index is 867. The van der Waals surface area contributed by atoms with Crippen molar-refractivity contribution >= 4 is 11.3 Å². The van der Waals surface area contributed by atoms with Crippen molar-refractivity contribution in [3.8, 4) is 11.8 Å². The molecule has 4 N–H and O–H groups in total. The number of ether oxygens (including phenoxy) is 1. The first-order valence-electron chi connectivity index (χ1n) is 8.25. The molecule has 0 atom stereocenters. The Hall–Kier alpha value is -3.13. The fraction of sp³-hybridized carbons (Fsp3) is 0.250. The molecular formula is C20H21N3O2. The smallest absolute Gasteiger partial charge is 0.138 e. The zero-order valence-electron chi connectivity index (χ0n) is 14.3. The molecule has 0 saturated carbocycles. The molecular weight excluding hydrogens is 314 g/mol. The summed E-state index contributed by atoms with van der Waals surface area (Å²) >= 11 is 0. The predicted molar refractivity (Wildman–Crippen MR) is 98.1 cm³/mol. The Morgan fingerprint density at radius 3 is 2.80 bits per heavy atom. The third-order valence-electron chi connectivity index (χ3n) is 4.10. The van der Waals surface area contributed by atoms with Crippen molar-refractivity contribution in [2.75, 3.05) is 12.3 Å². The van der Waals surface area contributed by atoms with Crippen LogP contribution in [0.2, 0.25) is 0 Å². The first-order valence-corrected chi connectivity index (χ1v) is 8.25. The molecule has 5 nitrogen and oxygen atoms in total. The minimum atomic E-state index is 0.0422. The summed E-state index contributed by atoms with van der Waals surface area (Å²) < 4.78 is 5.80. The van der Waals surface area contributed by atoms with Gasteiger partial charge in [0.1, 0.15) is 17.6 Å². The third kappa shape index (κ3) is 3.38. The van der Waals surface area contributed by atoms with E-state index >= 15 is 0 Å². The van der Waals surface area contributed by atoms with E-state index in [4.69, 9.17) is 10.5 Å². The summed E-state index contributed by atoms with van der Waals surface area (Å²) in [5.41, 5.74) is 10.2. The van der Waals surface area contributed by atoms with Gasteiger partial charge >= 0.3 is 0 Å². The molecule has 2 aliphatic rings.